The van der Waals surface area contributed by atoms with Gasteiger partial charge in [-0.25, -0.2) is 0 Å². The van der Waals surface area contributed by atoms with Gasteiger partial charge in [-0.2, -0.15) is 0 Å². The maximum atomic E-state index is 12.7. The minimum absolute atomic E-state index is 0.116. The van der Waals surface area contributed by atoms with Gasteiger partial charge < -0.3 is 14.8 Å². The van der Waals surface area contributed by atoms with Gasteiger partial charge in [-0.1, -0.05) is 68.8 Å². The number of methoxy groups -OCH3 is 1. The number of benzene rings is 2. The van der Waals surface area contributed by atoms with E-state index in [2.05, 4.69) is 5.32 Å². The normalized spacial score (nSPS) is 13.9. The van der Waals surface area contributed by atoms with Crippen molar-refractivity contribution in [2.45, 2.75) is 39.2 Å². The zero-order valence-electron chi connectivity index (χ0n) is 17.0. The molecule has 1 amide bonds. The summed E-state index contributed by atoms with van der Waals surface area (Å²) in [7, 11) is 1.59. The predicted octanol–water partition coefficient (Wildman–Crippen LogP) is 4.25. The van der Waals surface area contributed by atoms with E-state index in [4.69, 9.17) is 9.47 Å². The lowest BCUT2D eigenvalue weighted by molar-refractivity contribution is -0.151. The van der Waals surface area contributed by atoms with E-state index in [0.717, 1.165) is 17.5 Å². The van der Waals surface area contributed by atoms with Crippen LogP contribution in [0.2, 0.25) is 0 Å². The number of carbonyl (C=O) groups is 2. The minimum atomic E-state index is -0.384. The van der Waals surface area contributed by atoms with Gasteiger partial charge in [-0.05, 0) is 24.5 Å². The highest BCUT2D eigenvalue weighted by Gasteiger charge is 2.28. The minimum Gasteiger partial charge on any atom is -0.496 e. The summed E-state index contributed by atoms with van der Waals surface area (Å²) in [5.41, 5.74) is 1.77. The van der Waals surface area contributed by atoms with Crippen LogP contribution in [0.15, 0.2) is 54.6 Å². The molecule has 0 saturated carbocycles. The molecule has 2 aromatic rings. The second kappa shape index (κ2) is 10.5. The Labute approximate surface area is 167 Å². The van der Waals surface area contributed by atoms with E-state index in [1.807, 2.05) is 75.4 Å². The number of ether oxygens (including phenoxy) is 2. The molecular formula is C23H29NO4. The number of rotatable bonds is 9. The SMILES string of the molecule is CCC(C)C(C(=O)OCC(=O)NC(C)c1ccccc1OC)c1ccccc1. The molecule has 2 aromatic carbocycles. The fraction of sp³-hybridized carbons (Fsp3) is 0.391. The van der Waals surface area contributed by atoms with Crippen molar-refractivity contribution in [3.05, 3.63) is 65.7 Å². The molecule has 5 heteroatoms. The van der Waals surface area contributed by atoms with Crippen LogP contribution in [0.1, 0.15) is 50.3 Å². The highest BCUT2D eigenvalue weighted by Crippen LogP contribution is 2.28. The van der Waals surface area contributed by atoms with E-state index >= 15 is 0 Å². The van der Waals surface area contributed by atoms with E-state index in [1.165, 1.54) is 0 Å². The fourth-order valence-corrected chi connectivity index (χ4v) is 3.20. The second-order valence-corrected chi connectivity index (χ2v) is 6.91. The lowest BCUT2D eigenvalue weighted by Crippen LogP contribution is -2.33. The van der Waals surface area contributed by atoms with Crippen LogP contribution < -0.4 is 10.1 Å². The number of amides is 1. The Morgan fingerprint density at radius 1 is 1.00 bits per heavy atom. The lowest BCUT2D eigenvalue weighted by atomic mass is 9.86. The Kier molecular flexibility index (Phi) is 8.05. The molecule has 0 fully saturated rings. The molecule has 0 aliphatic carbocycles. The molecule has 0 spiro atoms. The van der Waals surface area contributed by atoms with E-state index in [1.54, 1.807) is 7.11 Å². The molecule has 0 heterocycles. The third kappa shape index (κ3) is 5.59. The third-order valence-corrected chi connectivity index (χ3v) is 4.95. The second-order valence-electron chi connectivity index (χ2n) is 6.91. The van der Waals surface area contributed by atoms with Gasteiger partial charge in [0, 0.05) is 5.56 Å². The van der Waals surface area contributed by atoms with Crippen molar-refractivity contribution in [2.75, 3.05) is 13.7 Å². The molecule has 0 radical (unpaired) electrons. The van der Waals surface area contributed by atoms with Gasteiger partial charge in [-0.3, -0.25) is 9.59 Å². The van der Waals surface area contributed by atoms with Crippen LogP contribution in [0.5, 0.6) is 5.75 Å². The maximum absolute atomic E-state index is 12.7. The highest BCUT2D eigenvalue weighted by molar-refractivity contribution is 5.83. The van der Waals surface area contributed by atoms with Gasteiger partial charge in [0.1, 0.15) is 5.75 Å². The summed E-state index contributed by atoms with van der Waals surface area (Å²) in [4.78, 5) is 25.0. The van der Waals surface area contributed by atoms with Gasteiger partial charge in [-0.15, -0.1) is 0 Å². The monoisotopic (exact) mass is 383 g/mol. The van der Waals surface area contributed by atoms with Crippen molar-refractivity contribution in [1.29, 1.82) is 0 Å². The largest absolute Gasteiger partial charge is 0.496 e. The van der Waals surface area contributed by atoms with Gasteiger partial charge in [0.15, 0.2) is 6.61 Å². The first-order valence-electron chi connectivity index (χ1n) is 9.61. The van der Waals surface area contributed by atoms with Crippen LogP contribution in [0, 0.1) is 5.92 Å². The van der Waals surface area contributed by atoms with Gasteiger partial charge in [0.2, 0.25) is 0 Å². The first-order chi connectivity index (χ1) is 13.5. The average Bonchev–Trinajstić information content (AvgIpc) is 2.72. The third-order valence-electron chi connectivity index (χ3n) is 4.95. The molecule has 0 aromatic heterocycles. The van der Waals surface area contributed by atoms with Crippen LogP contribution in [-0.2, 0) is 14.3 Å². The summed E-state index contributed by atoms with van der Waals surface area (Å²) in [5.74, 6) is -0.285. The quantitative estimate of drug-likeness (QED) is 0.658. The van der Waals surface area contributed by atoms with Crippen molar-refractivity contribution in [3.63, 3.8) is 0 Å². The summed E-state index contributed by atoms with van der Waals surface area (Å²) in [5, 5.41) is 2.85. The Bertz CT molecular complexity index is 775. The van der Waals surface area contributed by atoms with E-state index in [-0.39, 0.29) is 36.4 Å². The lowest BCUT2D eigenvalue weighted by Gasteiger charge is -2.22. The molecule has 0 bridgehead atoms. The van der Waals surface area contributed by atoms with Crippen LogP contribution in [0.25, 0.3) is 0 Å². The molecule has 0 saturated heterocycles. The number of carbonyl (C=O) groups excluding carboxylic acids is 2. The van der Waals surface area contributed by atoms with Crippen molar-refractivity contribution in [1.82, 2.24) is 5.32 Å². The number of hydrogen-bond acceptors (Lipinski definition) is 4. The van der Waals surface area contributed by atoms with Crippen LogP contribution >= 0.6 is 0 Å². The molecule has 2 rings (SSSR count). The molecule has 3 atom stereocenters. The molecule has 5 nitrogen and oxygen atoms in total. The first-order valence-corrected chi connectivity index (χ1v) is 9.61. The Morgan fingerprint density at radius 2 is 1.64 bits per heavy atom. The molecule has 3 unspecified atom stereocenters. The number of hydrogen-bond donors (Lipinski definition) is 1. The molecule has 0 aliphatic heterocycles. The highest BCUT2D eigenvalue weighted by atomic mass is 16.5. The average molecular weight is 383 g/mol. The van der Waals surface area contributed by atoms with Crippen LogP contribution in [-0.4, -0.2) is 25.6 Å². The zero-order chi connectivity index (χ0) is 20.5. The zero-order valence-corrected chi connectivity index (χ0v) is 17.0. The van der Waals surface area contributed by atoms with E-state index in [0.29, 0.717) is 5.75 Å². The van der Waals surface area contributed by atoms with Crippen molar-refractivity contribution in [2.24, 2.45) is 5.92 Å². The Morgan fingerprint density at radius 3 is 2.29 bits per heavy atom. The standard InChI is InChI=1S/C23H29NO4/c1-5-16(2)22(18-11-7-6-8-12-18)23(26)28-15-21(25)24-17(3)19-13-9-10-14-20(19)27-4/h6-14,16-17,22H,5,15H2,1-4H3,(H,24,25). The number of nitrogens with one attached hydrogen (secondary N) is 1. The Balaban J connectivity index is 1.97. The van der Waals surface area contributed by atoms with Crippen LogP contribution in [0.4, 0.5) is 0 Å². The summed E-state index contributed by atoms with van der Waals surface area (Å²) >= 11 is 0. The molecule has 28 heavy (non-hydrogen) atoms. The summed E-state index contributed by atoms with van der Waals surface area (Å²) in [6, 6.07) is 16.8. The van der Waals surface area contributed by atoms with E-state index < -0.39 is 0 Å². The van der Waals surface area contributed by atoms with Crippen molar-refractivity contribution in [3.8, 4) is 5.75 Å². The summed E-state index contributed by atoms with van der Waals surface area (Å²) in [6.45, 7) is 5.61. The van der Waals surface area contributed by atoms with Gasteiger partial charge in [0.05, 0.1) is 19.1 Å². The summed E-state index contributed by atoms with van der Waals surface area (Å²) < 4.78 is 10.7. The smallest absolute Gasteiger partial charge is 0.314 e. The maximum Gasteiger partial charge on any atom is 0.314 e. The van der Waals surface area contributed by atoms with Gasteiger partial charge in [0.25, 0.3) is 5.91 Å². The first kappa shape index (κ1) is 21.5. The van der Waals surface area contributed by atoms with Crippen molar-refractivity contribution < 1.29 is 19.1 Å². The Hall–Kier alpha value is -2.82. The van der Waals surface area contributed by atoms with E-state index in [9.17, 15) is 9.59 Å². The van der Waals surface area contributed by atoms with Gasteiger partial charge >= 0.3 is 5.97 Å². The topological polar surface area (TPSA) is 64.6 Å². The predicted molar refractivity (Wildman–Crippen MR) is 109 cm³/mol. The summed E-state index contributed by atoms with van der Waals surface area (Å²) in [6.07, 6.45) is 0.839. The molecule has 0 aliphatic rings. The molecule has 1 N–H and O–H groups in total. The number of para-hydroxylation sites is 1. The molecular weight excluding hydrogens is 354 g/mol. The number of esters is 1. The van der Waals surface area contributed by atoms with Crippen LogP contribution in [0.3, 0.4) is 0 Å². The molecule has 150 valence electrons. The van der Waals surface area contributed by atoms with Crippen molar-refractivity contribution >= 4 is 11.9 Å². The fourth-order valence-electron chi connectivity index (χ4n) is 3.20.